The van der Waals surface area contributed by atoms with Crippen molar-refractivity contribution in [2.75, 3.05) is 33.1 Å². The molecule has 0 fully saturated rings. The summed E-state index contributed by atoms with van der Waals surface area (Å²) in [6.07, 6.45) is 0. The van der Waals surface area contributed by atoms with E-state index in [1.807, 2.05) is 7.05 Å². The maximum atomic E-state index is 12.4. The highest BCUT2D eigenvalue weighted by atomic mass is 16.5. The summed E-state index contributed by atoms with van der Waals surface area (Å²) >= 11 is 0. The number of amides is 1. The van der Waals surface area contributed by atoms with Crippen molar-refractivity contribution >= 4 is 11.6 Å². The lowest BCUT2D eigenvalue weighted by molar-refractivity contribution is -0.885. The average Bonchev–Trinajstić information content (AvgIpc) is 2.62. The summed E-state index contributed by atoms with van der Waals surface area (Å²) in [6.45, 7) is 5.54. The summed E-state index contributed by atoms with van der Waals surface area (Å²) in [5.74, 6) is 1.75. The highest BCUT2D eigenvalue weighted by Gasteiger charge is 2.14. The number of quaternary nitrogens is 1. The molecular formula is C21H29N2O3+. The number of ether oxygens (including phenoxy) is 2. The number of benzene rings is 2. The maximum Gasteiger partial charge on any atom is 0.279 e. The number of hydrogen-bond acceptors (Lipinski definition) is 3. The first-order valence-corrected chi connectivity index (χ1v) is 8.85. The molecule has 2 rings (SSSR count). The van der Waals surface area contributed by atoms with Crippen LogP contribution in [0.3, 0.4) is 0 Å². The Morgan fingerprint density at radius 2 is 1.77 bits per heavy atom. The van der Waals surface area contributed by atoms with Crippen LogP contribution in [0.5, 0.6) is 11.5 Å². The van der Waals surface area contributed by atoms with Crippen LogP contribution in [0.2, 0.25) is 0 Å². The number of rotatable bonds is 8. The van der Waals surface area contributed by atoms with Crippen molar-refractivity contribution in [3.05, 3.63) is 53.6 Å². The minimum Gasteiger partial charge on any atom is -0.497 e. The number of carbonyl (C=O) groups excluding carboxylic acids is 1. The SMILES string of the molecule is COc1ccc(NC(=O)C[NH+](C)Cc2ccc(C(C)C)cc2)c(OC)c1. The molecule has 0 heterocycles. The second-order valence-electron chi connectivity index (χ2n) is 6.82. The minimum atomic E-state index is -0.0511. The molecule has 2 aromatic rings. The summed E-state index contributed by atoms with van der Waals surface area (Å²) in [7, 11) is 5.18. The lowest BCUT2D eigenvalue weighted by atomic mass is 10.0. The third-order valence-corrected chi connectivity index (χ3v) is 4.30. The second kappa shape index (κ2) is 9.25. The summed E-state index contributed by atoms with van der Waals surface area (Å²) < 4.78 is 10.5. The van der Waals surface area contributed by atoms with Crippen LogP contribution in [0.4, 0.5) is 5.69 Å². The van der Waals surface area contributed by atoms with Gasteiger partial charge in [0.2, 0.25) is 0 Å². The van der Waals surface area contributed by atoms with Gasteiger partial charge in [-0.2, -0.15) is 0 Å². The lowest BCUT2D eigenvalue weighted by Gasteiger charge is -2.16. The number of anilines is 1. The van der Waals surface area contributed by atoms with Crippen molar-refractivity contribution in [3.63, 3.8) is 0 Å². The van der Waals surface area contributed by atoms with Crippen LogP contribution < -0.4 is 19.7 Å². The van der Waals surface area contributed by atoms with Crippen molar-refractivity contribution in [2.45, 2.75) is 26.3 Å². The van der Waals surface area contributed by atoms with E-state index in [9.17, 15) is 4.79 Å². The molecule has 1 unspecified atom stereocenters. The molecule has 0 aliphatic rings. The standard InChI is InChI=1S/C21H28N2O3/c1-15(2)17-8-6-16(7-9-17)13-23(3)14-21(24)22-19-11-10-18(25-4)12-20(19)26-5/h6-12,15H,13-14H2,1-5H3,(H,22,24)/p+1. The highest BCUT2D eigenvalue weighted by Crippen LogP contribution is 2.28. The van der Waals surface area contributed by atoms with Gasteiger partial charge in [0.1, 0.15) is 18.0 Å². The van der Waals surface area contributed by atoms with Crippen LogP contribution >= 0.6 is 0 Å². The van der Waals surface area contributed by atoms with Gasteiger partial charge in [0.25, 0.3) is 5.91 Å². The van der Waals surface area contributed by atoms with Crippen LogP contribution in [0.25, 0.3) is 0 Å². The first kappa shape index (κ1) is 19.8. The van der Waals surface area contributed by atoms with Crippen LogP contribution in [-0.2, 0) is 11.3 Å². The Morgan fingerprint density at radius 3 is 2.35 bits per heavy atom. The molecule has 5 heteroatoms. The zero-order valence-electron chi connectivity index (χ0n) is 16.3. The second-order valence-corrected chi connectivity index (χ2v) is 6.82. The van der Waals surface area contributed by atoms with Crippen LogP contribution in [-0.4, -0.2) is 33.7 Å². The fourth-order valence-electron chi connectivity index (χ4n) is 2.80. The topological polar surface area (TPSA) is 52.0 Å². The molecule has 0 aliphatic carbocycles. The molecule has 0 saturated heterocycles. The monoisotopic (exact) mass is 357 g/mol. The van der Waals surface area contributed by atoms with Crippen molar-refractivity contribution in [1.29, 1.82) is 0 Å². The smallest absolute Gasteiger partial charge is 0.279 e. The summed E-state index contributed by atoms with van der Waals surface area (Å²) in [5.41, 5.74) is 3.20. The highest BCUT2D eigenvalue weighted by molar-refractivity contribution is 5.93. The number of likely N-dealkylation sites (N-methyl/N-ethyl adjacent to an activating group) is 1. The van der Waals surface area contributed by atoms with E-state index in [-0.39, 0.29) is 5.91 Å². The van der Waals surface area contributed by atoms with Crippen LogP contribution in [0.15, 0.2) is 42.5 Å². The predicted molar refractivity (Wildman–Crippen MR) is 104 cm³/mol. The normalized spacial score (nSPS) is 11.9. The molecule has 2 aromatic carbocycles. The van der Waals surface area contributed by atoms with Crippen molar-refractivity contribution in [3.8, 4) is 11.5 Å². The molecule has 0 aromatic heterocycles. The van der Waals surface area contributed by atoms with E-state index in [1.54, 1.807) is 32.4 Å². The van der Waals surface area contributed by atoms with Gasteiger partial charge in [0.15, 0.2) is 6.54 Å². The lowest BCUT2D eigenvalue weighted by Crippen LogP contribution is -3.08. The molecule has 0 aliphatic heterocycles. The zero-order valence-corrected chi connectivity index (χ0v) is 16.3. The molecule has 140 valence electrons. The van der Waals surface area contributed by atoms with E-state index in [4.69, 9.17) is 9.47 Å². The predicted octanol–water partition coefficient (Wildman–Crippen LogP) is 2.48. The zero-order chi connectivity index (χ0) is 19.1. The first-order chi connectivity index (χ1) is 12.4. The van der Waals surface area contributed by atoms with E-state index in [2.05, 4.69) is 43.4 Å². The van der Waals surface area contributed by atoms with Gasteiger partial charge in [0, 0.05) is 11.6 Å². The van der Waals surface area contributed by atoms with Gasteiger partial charge < -0.3 is 19.7 Å². The number of hydrogen-bond donors (Lipinski definition) is 2. The third kappa shape index (κ3) is 5.49. The van der Waals surface area contributed by atoms with E-state index in [0.717, 1.165) is 11.4 Å². The van der Waals surface area contributed by atoms with Gasteiger partial charge in [0.05, 0.1) is 27.0 Å². The van der Waals surface area contributed by atoms with Gasteiger partial charge >= 0.3 is 0 Å². The van der Waals surface area contributed by atoms with E-state index >= 15 is 0 Å². The molecule has 1 amide bonds. The number of methoxy groups -OCH3 is 2. The van der Waals surface area contributed by atoms with Gasteiger partial charge in [-0.3, -0.25) is 4.79 Å². The Hall–Kier alpha value is -2.53. The fourth-order valence-corrected chi connectivity index (χ4v) is 2.80. The molecule has 0 saturated carbocycles. The minimum absolute atomic E-state index is 0.0511. The Bertz CT molecular complexity index is 727. The van der Waals surface area contributed by atoms with Gasteiger partial charge in [-0.15, -0.1) is 0 Å². The average molecular weight is 357 g/mol. The largest absolute Gasteiger partial charge is 0.497 e. The first-order valence-electron chi connectivity index (χ1n) is 8.85. The molecule has 0 bridgehead atoms. The number of carbonyl (C=O) groups is 1. The Labute approximate surface area is 155 Å². The Balaban J connectivity index is 1.92. The van der Waals surface area contributed by atoms with E-state index in [0.29, 0.717) is 29.6 Å². The summed E-state index contributed by atoms with van der Waals surface area (Å²) in [6, 6.07) is 13.9. The van der Waals surface area contributed by atoms with E-state index in [1.165, 1.54) is 11.1 Å². The molecular weight excluding hydrogens is 328 g/mol. The third-order valence-electron chi connectivity index (χ3n) is 4.30. The maximum absolute atomic E-state index is 12.4. The molecule has 26 heavy (non-hydrogen) atoms. The van der Waals surface area contributed by atoms with Gasteiger partial charge in [-0.1, -0.05) is 38.1 Å². The van der Waals surface area contributed by atoms with Gasteiger partial charge in [-0.25, -0.2) is 0 Å². The fraction of sp³-hybridized carbons (Fsp3) is 0.381. The van der Waals surface area contributed by atoms with Crippen molar-refractivity contribution < 1.29 is 19.2 Å². The molecule has 0 spiro atoms. The number of nitrogens with one attached hydrogen (secondary N) is 2. The Kier molecular flexibility index (Phi) is 7.04. The molecule has 2 N–H and O–H groups in total. The summed E-state index contributed by atoms with van der Waals surface area (Å²) in [4.78, 5) is 13.5. The van der Waals surface area contributed by atoms with Crippen LogP contribution in [0, 0.1) is 0 Å². The molecule has 0 radical (unpaired) electrons. The van der Waals surface area contributed by atoms with E-state index < -0.39 is 0 Å². The molecule has 5 nitrogen and oxygen atoms in total. The van der Waals surface area contributed by atoms with Gasteiger partial charge in [-0.05, 0) is 23.6 Å². The van der Waals surface area contributed by atoms with Crippen molar-refractivity contribution in [2.24, 2.45) is 0 Å². The molecule has 1 atom stereocenters. The quantitative estimate of drug-likeness (QED) is 0.763. The summed E-state index contributed by atoms with van der Waals surface area (Å²) in [5, 5.41) is 2.91. The van der Waals surface area contributed by atoms with Crippen molar-refractivity contribution in [1.82, 2.24) is 0 Å². The van der Waals surface area contributed by atoms with Crippen LogP contribution in [0.1, 0.15) is 30.9 Å². The Morgan fingerprint density at radius 1 is 1.08 bits per heavy atom.